The topological polar surface area (TPSA) is 39.2 Å². The normalized spacial score (nSPS) is 10.1. The molecular weight excluding hydrogens is 225 g/mol. The Labute approximate surface area is 107 Å². The van der Waals surface area contributed by atoms with Gasteiger partial charge in [0.25, 0.3) is 0 Å². The first-order valence-electron chi connectivity index (χ1n) is 5.53. The SMILES string of the molecule is [B]c1cccc(-c2ccc(C=O)c(OC)n2)c1C. The average Bonchev–Trinajstić information content (AvgIpc) is 2.41. The molecule has 0 fully saturated rings. The van der Waals surface area contributed by atoms with Gasteiger partial charge in [-0.15, -0.1) is 0 Å². The molecule has 0 saturated heterocycles. The molecule has 0 atom stereocenters. The predicted molar refractivity (Wildman–Crippen MR) is 71.7 cm³/mol. The second-order valence-corrected chi connectivity index (χ2v) is 3.93. The lowest BCUT2D eigenvalue weighted by Gasteiger charge is -2.10. The van der Waals surface area contributed by atoms with E-state index in [1.54, 1.807) is 12.1 Å². The Morgan fingerprint density at radius 1 is 1.28 bits per heavy atom. The van der Waals surface area contributed by atoms with Crippen molar-refractivity contribution in [1.29, 1.82) is 0 Å². The van der Waals surface area contributed by atoms with Crippen LogP contribution in [0.1, 0.15) is 15.9 Å². The van der Waals surface area contributed by atoms with Gasteiger partial charge in [0.05, 0.1) is 18.4 Å². The minimum Gasteiger partial charge on any atom is -0.480 e. The number of nitrogens with zero attached hydrogens (tertiary/aromatic N) is 1. The maximum atomic E-state index is 10.8. The molecule has 0 aliphatic heterocycles. The molecule has 1 heterocycles. The Morgan fingerprint density at radius 2 is 2.06 bits per heavy atom. The van der Waals surface area contributed by atoms with E-state index in [1.165, 1.54) is 7.11 Å². The molecule has 3 nitrogen and oxygen atoms in total. The molecule has 1 aromatic heterocycles. The van der Waals surface area contributed by atoms with E-state index in [1.807, 2.05) is 25.1 Å². The fraction of sp³-hybridized carbons (Fsp3) is 0.143. The number of aldehydes is 1. The van der Waals surface area contributed by atoms with Crippen LogP contribution in [0.3, 0.4) is 0 Å². The van der Waals surface area contributed by atoms with E-state index in [9.17, 15) is 4.79 Å². The van der Waals surface area contributed by atoms with Gasteiger partial charge in [0.2, 0.25) is 5.88 Å². The van der Waals surface area contributed by atoms with Crippen molar-refractivity contribution in [2.75, 3.05) is 7.11 Å². The van der Waals surface area contributed by atoms with Gasteiger partial charge in [-0.05, 0) is 24.6 Å². The van der Waals surface area contributed by atoms with E-state index in [0.29, 0.717) is 16.9 Å². The van der Waals surface area contributed by atoms with Crippen LogP contribution in [0.4, 0.5) is 0 Å². The third-order valence-electron chi connectivity index (χ3n) is 2.86. The van der Waals surface area contributed by atoms with Gasteiger partial charge in [0, 0.05) is 5.56 Å². The molecule has 2 radical (unpaired) electrons. The van der Waals surface area contributed by atoms with Gasteiger partial charge in [-0.2, -0.15) is 0 Å². The minimum atomic E-state index is 0.323. The summed E-state index contributed by atoms with van der Waals surface area (Å²) in [7, 11) is 7.36. The second-order valence-electron chi connectivity index (χ2n) is 3.93. The van der Waals surface area contributed by atoms with Crippen molar-refractivity contribution in [3.05, 3.63) is 41.5 Å². The molecule has 0 saturated carbocycles. The minimum absolute atomic E-state index is 0.323. The summed E-state index contributed by atoms with van der Waals surface area (Å²) >= 11 is 0. The zero-order chi connectivity index (χ0) is 13.1. The van der Waals surface area contributed by atoms with E-state index in [-0.39, 0.29) is 0 Å². The molecule has 0 N–H and O–H groups in total. The second kappa shape index (κ2) is 5.04. The molecule has 88 valence electrons. The summed E-state index contributed by atoms with van der Waals surface area (Å²) in [5, 5.41) is 0. The molecule has 18 heavy (non-hydrogen) atoms. The number of methoxy groups -OCH3 is 1. The van der Waals surface area contributed by atoms with Gasteiger partial charge >= 0.3 is 0 Å². The quantitative estimate of drug-likeness (QED) is 0.602. The van der Waals surface area contributed by atoms with Crippen molar-refractivity contribution in [2.45, 2.75) is 6.92 Å². The summed E-state index contributed by atoms with van der Waals surface area (Å²) in [5.74, 6) is 0.323. The van der Waals surface area contributed by atoms with Crippen LogP contribution >= 0.6 is 0 Å². The molecule has 2 rings (SSSR count). The third kappa shape index (κ3) is 2.14. The summed E-state index contributed by atoms with van der Waals surface area (Å²) in [6.07, 6.45) is 0.724. The molecular formula is C14H12BNO2. The Morgan fingerprint density at radius 3 is 2.72 bits per heavy atom. The van der Waals surface area contributed by atoms with Gasteiger partial charge in [-0.3, -0.25) is 4.79 Å². The van der Waals surface area contributed by atoms with Crippen LogP contribution in [0.5, 0.6) is 5.88 Å². The van der Waals surface area contributed by atoms with Gasteiger partial charge in [-0.1, -0.05) is 23.7 Å². The lowest BCUT2D eigenvalue weighted by molar-refractivity contribution is 0.112. The fourth-order valence-corrected chi connectivity index (χ4v) is 1.79. The number of benzene rings is 1. The number of aromatic nitrogens is 1. The van der Waals surface area contributed by atoms with E-state index in [0.717, 1.165) is 23.1 Å². The lowest BCUT2D eigenvalue weighted by Crippen LogP contribution is -2.08. The van der Waals surface area contributed by atoms with Gasteiger partial charge in [0.1, 0.15) is 7.85 Å². The number of rotatable bonds is 3. The monoisotopic (exact) mass is 237 g/mol. The van der Waals surface area contributed by atoms with Crippen LogP contribution in [0.15, 0.2) is 30.3 Å². The van der Waals surface area contributed by atoms with Crippen molar-refractivity contribution >= 4 is 19.6 Å². The van der Waals surface area contributed by atoms with Crippen LogP contribution in [-0.4, -0.2) is 26.2 Å². The van der Waals surface area contributed by atoms with Crippen LogP contribution < -0.4 is 10.2 Å². The van der Waals surface area contributed by atoms with Gasteiger partial charge in [-0.25, -0.2) is 4.98 Å². The van der Waals surface area contributed by atoms with Crippen molar-refractivity contribution < 1.29 is 9.53 Å². The number of pyridine rings is 1. The summed E-state index contributed by atoms with van der Waals surface area (Å²) in [6, 6.07) is 9.13. The van der Waals surface area contributed by atoms with Crippen LogP contribution in [-0.2, 0) is 0 Å². The highest BCUT2D eigenvalue weighted by molar-refractivity contribution is 6.33. The molecule has 0 aliphatic carbocycles. The molecule has 0 amide bonds. The molecule has 2 aromatic rings. The molecule has 0 unspecified atom stereocenters. The van der Waals surface area contributed by atoms with E-state index < -0.39 is 0 Å². The summed E-state index contributed by atoms with van der Waals surface area (Å²) in [5.41, 5.74) is 3.79. The van der Waals surface area contributed by atoms with E-state index in [2.05, 4.69) is 4.98 Å². The number of carbonyl (C=O) groups is 1. The number of hydrogen-bond acceptors (Lipinski definition) is 3. The summed E-state index contributed by atoms with van der Waals surface area (Å²) in [4.78, 5) is 15.1. The first-order chi connectivity index (χ1) is 8.67. The van der Waals surface area contributed by atoms with Crippen molar-refractivity contribution in [3.8, 4) is 17.1 Å². The van der Waals surface area contributed by atoms with Gasteiger partial charge < -0.3 is 4.74 Å². The van der Waals surface area contributed by atoms with Crippen LogP contribution in [0.2, 0.25) is 0 Å². The summed E-state index contributed by atoms with van der Waals surface area (Å²) < 4.78 is 5.09. The van der Waals surface area contributed by atoms with Crippen LogP contribution in [0.25, 0.3) is 11.3 Å². The molecule has 4 heteroatoms. The number of ether oxygens (including phenoxy) is 1. The summed E-state index contributed by atoms with van der Waals surface area (Å²) in [6.45, 7) is 1.94. The predicted octanol–water partition coefficient (Wildman–Crippen LogP) is 1.67. The lowest BCUT2D eigenvalue weighted by atomic mass is 9.87. The first-order valence-corrected chi connectivity index (χ1v) is 5.53. The van der Waals surface area contributed by atoms with Gasteiger partial charge in [0.15, 0.2) is 6.29 Å². The Bertz CT molecular complexity index is 596. The number of hydrogen-bond donors (Lipinski definition) is 0. The van der Waals surface area contributed by atoms with E-state index in [4.69, 9.17) is 12.6 Å². The zero-order valence-corrected chi connectivity index (χ0v) is 10.3. The average molecular weight is 237 g/mol. The first kappa shape index (κ1) is 12.4. The largest absolute Gasteiger partial charge is 0.480 e. The highest BCUT2D eigenvalue weighted by Gasteiger charge is 2.09. The highest BCUT2D eigenvalue weighted by Crippen LogP contribution is 2.24. The molecule has 0 aliphatic rings. The third-order valence-corrected chi connectivity index (χ3v) is 2.86. The van der Waals surface area contributed by atoms with Crippen molar-refractivity contribution in [2.24, 2.45) is 0 Å². The smallest absolute Gasteiger partial charge is 0.224 e. The maximum Gasteiger partial charge on any atom is 0.224 e. The Balaban J connectivity index is 2.58. The highest BCUT2D eigenvalue weighted by atomic mass is 16.5. The Kier molecular flexibility index (Phi) is 3.46. The van der Waals surface area contributed by atoms with Crippen molar-refractivity contribution in [1.82, 2.24) is 4.98 Å². The standard InChI is InChI=1S/C14H12BNO2/c1-9-11(4-3-5-12(9)15)13-7-6-10(8-17)14(16-13)18-2/h3-8H,1-2H3. The Hall–Kier alpha value is -2.10. The number of carbonyl (C=O) groups excluding carboxylic acids is 1. The molecule has 0 spiro atoms. The zero-order valence-electron chi connectivity index (χ0n) is 10.3. The maximum absolute atomic E-state index is 10.8. The molecule has 1 aromatic carbocycles. The van der Waals surface area contributed by atoms with E-state index >= 15 is 0 Å². The van der Waals surface area contributed by atoms with Crippen molar-refractivity contribution in [3.63, 3.8) is 0 Å². The molecule has 0 bridgehead atoms. The van der Waals surface area contributed by atoms with Crippen LogP contribution in [0, 0.1) is 6.92 Å². The fourth-order valence-electron chi connectivity index (χ4n) is 1.79.